The Kier molecular flexibility index (Phi) is 2.13. The van der Waals surface area contributed by atoms with E-state index in [0.29, 0.717) is 23.0 Å². The number of nitrogens with two attached hydrogens (primary N) is 1. The standard InChI is InChI=1S/C9H10N2O2S/c10-14(12,13)9-3-1-2-7-4-5-11-6-8(7)9/h2,4-6H,1,3H2,(H2,10,12,13). The predicted molar refractivity (Wildman–Crippen MR) is 53.7 cm³/mol. The van der Waals surface area contributed by atoms with Gasteiger partial charge < -0.3 is 0 Å². The van der Waals surface area contributed by atoms with Crippen molar-refractivity contribution in [1.29, 1.82) is 0 Å². The zero-order valence-corrected chi connectivity index (χ0v) is 8.29. The molecule has 0 spiro atoms. The molecule has 0 radical (unpaired) electrons. The largest absolute Gasteiger partial charge is 0.264 e. The fourth-order valence-corrected chi connectivity index (χ4v) is 2.48. The summed E-state index contributed by atoms with van der Waals surface area (Å²) < 4.78 is 22.5. The van der Waals surface area contributed by atoms with Crippen LogP contribution in [0.3, 0.4) is 0 Å². The fraction of sp³-hybridized carbons (Fsp3) is 0.222. The first-order valence-electron chi connectivity index (χ1n) is 4.25. The molecule has 0 saturated carbocycles. The second-order valence-electron chi connectivity index (χ2n) is 3.17. The second-order valence-corrected chi connectivity index (χ2v) is 4.76. The molecule has 1 aliphatic rings. The average molecular weight is 210 g/mol. The SMILES string of the molecule is NS(=O)(=O)C1=c2cnccc2=CCC1. The van der Waals surface area contributed by atoms with E-state index in [-0.39, 0.29) is 0 Å². The third-order valence-electron chi connectivity index (χ3n) is 2.23. The number of fused-ring (bicyclic) bond motifs is 1. The molecule has 0 saturated heterocycles. The van der Waals surface area contributed by atoms with Crippen LogP contribution in [0, 0.1) is 0 Å². The lowest BCUT2D eigenvalue weighted by Crippen LogP contribution is -2.34. The van der Waals surface area contributed by atoms with Gasteiger partial charge in [-0.2, -0.15) is 0 Å². The maximum absolute atomic E-state index is 11.2. The minimum atomic E-state index is -3.58. The zero-order valence-electron chi connectivity index (χ0n) is 7.47. The molecule has 1 heterocycles. The Balaban J connectivity index is 2.93. The Hall–Kier alpha value is -1.20. The first-order chi connectivity index (χ1) is 6.59. The van der Waals surface area contributed by atoms with Crippen molar-refractivity contribution in [3.63, 3.8) is 0 Å². The van der Waals surface area contributed by atoms with Crippen LogP contribution in [0.5, 0.6) is 0 Å². The molecule has 0 fully saturated rings. The maximum Gasteiger partial charge on any atom is 0.234 e. The molecule has 2 rings (SSSR count). The molecule has 14 heavy (non-hydrogen) atoms. The van der Waals surface area contributed by atoms with Gasteiger partial charge in [0.2, 0.25) is 10.0 Å². The number of nitrogens with zero attached hydrogens (tertiary/aromatic N) is 1. The fourth-order valence-electron chi connectivity index (χ4n) is 1.61. The van der Waals surface area contributed by atoms with E-state index in [1.54, 1.807) is 18.5 Å². The second kappa shape index (κ2) is 3.18. The number of rotatable bonds is 1. The van der Waals surface area contributed by atoms with E-state index in [1.165, 1.54) is 0 Å². The molecule has 0 aromatic carbocycles. The van der Waals surface area contributed by atoms with Gasteiger partial charge in [-0.05, 0) is 24.1 Å². The number of primary sulfonamides is 1. The lowest BCUT2D eigenvalue weighted by Gasteiger charge is -2.07. The van der Waals surface area contributed by atoms with Crippen LogP contribution in [0.25, 0.3) is 11.0 Å². The van der Waals surface area contributed by atoms with Gasteiger partial charge in [-0.15, -0.1) is 0 Å². The van der Waals surface area contributed by atoms with Gasteiger partial charge in [-0.25, -0.2) is 13.6 Å². The maximum atomic E-state index is 11.2. The van der Waals surface area contributed by atoms with Gasteiger partial charge in [0.1, 0.15) is 0 Å². The normalized spacial score (nSPS) is 15.9. The molecule has 74 valence electrons. The lowest BCUT2D eigenvalue weighted by atomic mass is 10.1. The van der Waals surface area contributed by atoms with E-state index in [1.807, 2.05) is 6.08 Å². The van der Waals surface area contributed by atoms with Crippen LogP contribution in [0.2, 0.25) is 0 Å². The van der Waals surface area contributed by atoms with Crippen molar-refractivity contribution < 1.29 is 8.42 Å². The molecule has 0 amide bonds. The molecule has 5 heteroatoms. The monoisotopic (exact) mass is 210 g/mol. The minimum absolute atomic E-state index is 0.295. The van der Waals surface area contributed by atoms with E-state index in [2.05, 4.69) is 4.98 Å². The number of hydrogen-bond donors (Lipinski definition) is 1. The summed E-state index contributed by atoms with van der Waals surface area (Å²) in [7, 11) is -3.58. The molecule has 0 atom stereocenters. The molecular formula is C9H10N2O2S. The molecule has 2 N–H and O–H groups in total. The van der Waals surface area contributed by atoms with Gasteiger partial charge in [-0.3, -0.25) is 4.98 Å². The molecule has 0 bridgehead atoms. The highest BCUT2D eigenvalue weighted by molar-refractivity contribution is 7.98. The van der Waals surface area contributed by atoms with Crippen molar-refractivity contribution in [2.45, 2.75) is 12.8 Å². The van der Waals surface area contributed by atoms with E-state index in [4.69, 9.17) is 5.14 Å². The third-order valence-corrected chi connectivity index (χ3v) is 3.35. The highest BCUT2D eigenvalue weighted by Gasteiger charge is 2.15. The molecule has 0 aliphatic heterocycles. The highest BCUT2D eigenvalue weighted by atomic mass is 32.2. The number of sulfonamides is 1. The average Bonchev–Trinajstić information content (AvgIpc) is 2.15. The van der Waals surface area contributed by atoms with Crippen molar-refractivity contribution in [3.05, 3.63) is 28.9 Å². The molecular weight excluding hydrogens is 200 g/mol. The van der Waals surface area contributed by atoms with Crippen LogP contribution in [-0.4, -0.2) is 13.4 Å². The Morgan fingerprint density at radius 3 is 2.93 bits per heavy atom. The highest BCUT2D eigenvalue weighted by Crippen LogP contribution is 2.11. The summed E-state index contributed by atoms with van der Waals surface area (Å²) in [5, 5.41) is 6.66. The van der Waals surface area contributed by atoms with Gasteiger partial charge in [0.05, 0.1) is 4.91 Å². The van der Waals surface area contributed by atoms with Crippen molar-refractivity contribution in [2.24, 2.45) is 5.14 Å². The lowest BCUT2D eigenvalue weighted by molar-refractivity contribution is 0.606. The molecule has 1 aromatic heterocycles. The molecule has 0 unspecified atom stereocenters. The smallest absolute Gasteiger partial charge is 0.234 e. The summed E-state index contributed by atoms with van der Waals surface area (Å²) in [4.78, 5) is 4.20. The summed E-state index contributed by atoms with van der Waals surface area (Å²) >= 11 is 0. The van der Waals surface area contributed by atoms with E-state index in [0.717, 1.165) is 5.22 Å². The summed E-state index contributed by atoms with van der Waals surface area (Å²) in [6.45, 7) is 0. The topological polar surface area (TPSA) is 73.1 Å². The molecule has 1 aromatic rings. The molecule has 1 aliphatic carbocycles. The van der Waals surface area contributed by atoms with Crippen molar-refractivity contribution in [2.75, 3.05) is 0 Å². The minimum Gasteiger partial charge on any atom is -0.264 e. The number of aromatic nitrogens is 1. The van der Waals surface area contributed by atoms with E-state index < -0.39 is 10.0 Å². The van der Waals surface area contributed by atoms with Crippen LogP contribution in [-0.2, 0) is 10.0 Å². The Morgan fingerprint density at radius 2 is 2.21 bits per heavy atom. The molecule has 4 nitrogen and oxygen atoms in total. The summed E-state index contributed by atoms with van der Waals surface area (Å²) in [5.74, 6) is 0. The van der Waals surface area contributed by atoms with Gasteiger partial charge in [0, 0.05) is 17.6 Å². The zero-order chi connectivity index (χ0) is 10.2. The van der Waals surface area contributed by atoms with Gasteiger partial charge in [0.15, 0.2) is 0 Å². The summed E-state index contributed by atoms with van der Waals surface area (Å²) in [6, 6.07) is 1.79. The Labute approximate surface area is 81.8 Å². The van der Waals surface area contributed by atoms with Crippen LogP contribution in [0.15, 0.2) is 18.5 Å². The Morgan fingerprint density at radius 1 is 1.43 bits per heavy atom. The first kappa shape index (κ1) is 9.36. The van der Waals surface area contributed by atoms with Crippen molar-refractivity contribution in [1.82, 2.24) is 4.98 Å². The first-order valence-corrected chi connectivity index (χ1v) is 5.80. The summed E-state index contributed by atoms with van der Waals surface area (Å²) in [5.41, 5.74) is 0. The predicted octanol–water partition coefficient (Wildman–Crippen LogP) is -0.947. The third kappa shape index (κ3) is 1.56. The van der Waals surface area contributed by atoms with Crippen LogP contribution in [0.1, 0.15) is 12.8 Å². The van der Waals surface area contributed by atoms with Crippen molar-refractivity contribution >= 4 is 21.0 Å². The van der Waals surface area contributed by atoms with Gasteiger partial charge >= 0.3 is 0 Å². The van der Waals surface area contributed by atoms with E-state index in [9.17, 15) is 8.42 Å². The van der Waals surface area contributed by atoms with Gasteiger partial charge in [0.25, 0.3) is 0 Å². The number of hydrogen-bond acceptors (Lipinski definition) is 3. The quantitative estimate of drug-likeness (QED) is 0.649. The van der Waals surface area contributed by atoms with Crippen LogP contribution >= 0.6 is 0 Å². The summed E-state index contributed by atoms with van der Waals surface area (Å²) in [6.07, 6.45) is 6.36. The van der Waals surface area contributed by atoms with E-state index >= 15 is 0 Å². The van der Waals surface area contributed by atoms with Crippen LogP contribution < -0.4 is 15.6 Å². The number of pyridine rings is 1. The van der Waals surface area contributed by atoms with Gasteiger partial charge in [-0.1, -0.05) is 6.08 Å². The Bertz CT molecular complexity index is 575. The van der Waals surface area contributed by atoms with Crippen LogP contribution in [0.4, 0.5) is 0 Å². The van der Waals surface area contributed by atoms with Crippen molar-refractivity contribution in [3.8, 4) is 0 Å².